The van der Waals surface area contributed by atoms with Gasteiger partial charge in [-0.2, -0.15) is 0 Å². The Labute approximate surface area is 164 Å². The Bertz CT molecular complexity index is 771. The number of likely N-dealkylation sites (tertiary alicyclic amines) is 1. The quantitative estimate of drug-likeness (QED) is 0.765. The molecule has 3 aliphatic heterocycles. The van der Waals surface area contributed by atoms with Crippen molar-refractivity contribution in [3.63, 3.8) is 0 Å². The summed E-state index contributed by atoms with van der Waals surface area (Å²) in [5, 5.41) is 0. The Morgan fingerprint density at radius 3 is 2.46 bits per heavy atom. The van der Waals surface area contributed by atoms with Crippen molar-refractivity contribution in [1.29, 1.82) is 0 Å². The summed E-state index contributed by atoms with van der Waals surface area (Å²) >= 11 is 0. The monoisotopic (exact) mass is 385 g/mol. The van der Waals surface area contributed by atoms with Crippen LogP contribution in [0.25, 0.3) is 0 Å². The first-order valence-electron chi connectivity index (χ1n) is 10.4. The SMILES string of the molecule is O=C(c1ccc2c(c1)OCCO2)C1CCN(C(=O)C2CC(C3CC3)NN2)CC1. The maximum atomic E-state index is 12.9. The van der Waals surface area contributed by atoms with Crippen LogP contribution in [0.5, 0.6) is 11.5 Å². The minimum Gasteiger partial charge on any atom is -0.486 e. The third-order valence-corrected chi connectivity index (χ3v) is 6.43. The van der Waals surface area contributed by atoms with E-state index in [2.05, 4.69) is 10.9 Å². The van der Waals surface area contributed by atoms with Gasteiger partial charge in [0.25, 0.3) is 0 Å². The third-order valence-electron chi connectivity index (χ3n) is 6.43. The Kier molecular flexibility index (Phi) is 4.72. The molecule has 2 atom stereocenters. The highest BCUT2D eigenvalue weighted by Gasteiger charge is 2.40. The summed E-state index contributed by atoms with van der Waals surface area (Å²) in [7, 11) is 0. The van der Waals surface area contributed by atoms with E-state index in [1.165, 1.54) is 12.8 Å². The Morgan fingerprint density at radius 2 is 1.71 bits per heavy atom. The molecule has 0 spiro atoms. The van der Waals surface area contributed by atoms with Gasteiger partial charge in [-0.05, 0) is 56.2 Å². The number of amides is 1. The van der Waals surface area contributed by atoms with Crippen molar-refractivity contribution in [1.82, 2.24) is 15.8 Å². The first-order valence-corrected chi connectivity index (χ1v) is 10.4. The molecule has 1 amide bonds. The zero-order valence-corrected chi connectivity index (χ0v) is 16.0. The van der Waals surface area contributed by atoms with E-state index in [1.54, 1.807) is 6.07 Å². The molecule has 3 heterocycles. The number of hydrogen-bond donors (Lipinski definition) is 2. The molecule has 2 unspecified atom stereocenters. The molecule has 2 N–H and O–H groups in total. The molecule has 0 radical (unpaired) electrons. The van der Waals surface area contributed by atoms with Crippen LogP contribution in [0.1, 0.15) is 42.5 Å². The lowest BCUT2D eigenvalue weighted by molar-refractivity contribution is -0.134. The zero-order chi connectivity index (χ0) is 19.1. The summed E-state index contributed by atoms with van der Waals surface area (Å²) in [5.41, 5.74) is 7.14. The molecule has 4 aliphatic rings. The second-order valence-electron chi connectivity index (χ2n) is 8.34. The van der Waals surface area contributed by atoms with Crippen LogP contribution in [-0.4, -0.2) is 55.0 Å². The second kappa shape index (κ2) is 7.37. The molecule has 150 valence electrons. The van der Waals surface area contributed by atoms with Crippen LogP contribution in [0.2, 0.25) is 0 Å². The van der Waals surface area contributed by atoms with Crippen LogP contribution in [0.3, 0.4) is 0 Å². The van der Waals surface area contributed by atoms with E-state index < -0.39 is 0 Å². The number of nitrogens with one attached hydrogen (secondary N) is 2. The molecule has 1 aromatic rings. The van der Waals surface area contributed by atoms with Crippen molar-refractivity contribution in [2.24, 2.45) is 11.8 Å². The normalized spacial score (nSPS) is 27.6. The number of hydrogen-bond acceptors (Lipinski definition) is 6. The largest absolute Gasteiger partial charge is 0.486 e. The number of carbonyl (C=O) groups is 2. The number of benzene rings is 1. The van der Waals surface area contributed by atoms with Crippen molar-refractivity contribution in [3.8, 4) is 11.5 Å². The zero-order valence-electron chi connectivity index (χ0n) is 16.0. The first-order chi connectivity index (χ1) is 13.7. The van der Waals surface area contributed by atoms with Crippen LogP contribution in [0, 0.1) is 11.8 Å². The number of fused-ring (bicyclic) bond motifs is 1. The Hall–Kier alpha value is -2.12. The van der Waals surface area contributed by atoms with E-state index in [1.807, 2.05) is 17.0 Å². The van der Waals surface area contributed by atoms with Crippen LogP contribution in [0.15, 0.2) is 18.2 Å². The van der Waals surface area contributed by atoms with Gasteiger partial charge < -0.3 is 14.4 Å². The maximum Gasteiger partial charge on any atom is 0.241 e. The lowest BCUT2D eigenvalue weighted by Crippen LogP contribution is -2.49. The van der Waals surface area contributed by atoms with Crippen LogP contribution < -0.4 is 20.3 Å². The molecule has 1 saturated carbocycles. The molecular formula is C21H27N3O4. The Balaban J connectivity index is 1.16. The highest BCUT2D eigenvalue weighted by Crippen LogP contribution is 2.36. The Morgan fingerprint density at radius 1 is 0.964 bits per heavy atom. The number of hydrazine groups is 1. The summed E-state index contributed by atoms with van der Waals surface area (Å²) in [6.07, 6.45) is 4.84. The van der Waals surface area contributed by atoms with E-state index in [0.29, 0.717) is 62.2 Å². The van der Waals surface area contributed by atoms with E-state index >= 15 is 0 Å². The highest BCUT2D eigenvalue weighted by molar-refractivity contribution is 5.98. The molecule has 1 aliphatic carbocycles. The van der Waals surface area contributed by atoms with Gasteiger partial charge in [0.15, 0.2) is 17.3 Å². The van der Waals surface area contributed by atoms with Gasteiger partial charge in [0.2, 0.25) is 5.91 Å². The fourth-order valence-corrected chi connectivity index (χ4v) is 4.57. The van der Waals surface area contributed by atoms with Crippen molar-refractivity contribution in [2.75, 3.05) is 26.3 Å². The lowest BCUT2D eigenvalue weighted by atomic mass is 9.88. The number of nitrogens with zero attached hydrogens (tertiary/aromatic N) is 1. The standard InChI is InChI=1S/C21H27N3O4/c25-20(15-3-4-18-19(11-15)28-10-9-27-18)14-5-7-24(8-6-14)21(26)17-12-16(22-23-17)13-1-2-13/h3-4,11,13-14,16-17,22-23H,1-2,5-10,12H2. The highest BCUT2D eigenvalue weighted by atomic mass is 16.6. The molecule has 1 aromatic carbocycles. The number of ether oxygens (including phenoxy) is 2. The van der Waals surface area contributed by atoms with E-state index in [0.717, 1.165) is 12.3 Å². The van der Waals surface area contributed by atoms with Crippen molar-refractivity contribution >= 4 is 11.7 Å². The number of Topliss-reactive ketones (excluding diaryl/α,β-unsaturated/α-hetero) is 1. The predicted molar refractivity (Wildman–Crippen MR) is 102 cm³/mol. The molecule has 3 fully saturated rings. The van der Waals surface area contributed by atoms with E-state index in [4.69, 9.17) is 9.47 Å². The smallest absolute Gasteiger partial charge is 0.241 e. The van der Waals surface area contributed by atoms with Crippen molar-refractivity contribution in [3.05, 3.63) is 23.8 Å². The molecule has 2 saturated heterocycles. The van der Waals surface area contributed by atoms with Crippen LogP contribution in [-0.2, 0) is 4.79 Å². The summed E-state index contributed by atoms with van der Waals surface area (Å²) in [5.74, 6) is 2.35. The van der Waals surface area contributed by atoms with Crippen LogP contribution >= 0.6 is 0 Å². The maximum absolute atomic E-state index is 12.9. The topological polar surface area (TPSA) is 79.9 Å². The summed E-state index contributed by atoms with van der Waals surface area (Å²) in [6, 6.07) is 5.73. The first kappa shape index (κ1) is 17.9. The van der Waals surface area contributed by atoms with Gasteiger partial charge in [-0.25, -0.2) is 5.43 Å². The average Bonchev–Trinajstić information content (AvgIpc) is 3.49. The molecule has 5 rings (SSSR count). The summed E-state index contributed by atoms with van der Waals surface area (Å²) < 4.78 is 11.1. The average molecular weight is 385 g/mol. The number of ketones is 1. The third kappa shape index (κ3) is 3.49. The van der Waals surface area contributed by atoms with E-state index in [9.17, 15) is 9.59 Å². The summed E-state index contributed by atoms with van der Waals surface area (Å²) in [4.78, 5) is 27.6. The molecule has 7 nitrogen and oxygen atoms in total. The summed E-state index contributed by atoms with van der Waals surface area (Å²) in [6.45, 7) is 2.34. The van der Waals surface area contributed by atoms with E-state index in [-0.39, 0.29) is 23.7 Å². The van der Waals surface area contributed by atoms with Gasteiger partial charge in [-0.1, -0.05) is 0 Å². The van der Waals surface area contributed by atoms with Gasteiger partial charge in [0.1, 0.15) is 19.3 Å². The number of carbonyl (C=O) groups excluding carboxylic acids is 2. The van der Waals surface area contributed by atoms with Gasteiger partial charge in [0.05, 0.1) is 0 Å². The fraction of sp³-hybridized carbons (Fsp3) is 0.619. The van der Waals surface area contributed by atoms with Crippen LogP contribution in [0.4, 0.5) is 0 Å². The van der Waals surface area contributed by atoms with Gasteiger partial charge in [-0.3, -0.25) is 15.0 Å². The number of rotatable bonds is 4. The van der Waals surface area contributed by atoms with Gasteiger partial charge in [-0.15, -0.1) is 0 Å². The molecule has 0 aromatic heterocycles. The fourth-order valence-electron chi connectivity index (χ4n) is 4.57. The molecular weight excluding hydrogens is 358 g/mol. The van der Waals surface area contributed by atoms with Gasteiger partial charge >= 0.3 is 0 Å². The molecule has 0 bridgehead atoms. The molecule has 7 heteroatoms. The minimum absolute atomic E-state index is 0.0412. The second-order valence-corrected chi connectivity index (χ2v) is 8.34. The minimum atomic E-state index is -0.129. The van der Waals surface area contributed by atoms with Crippen molar-refractivity contribution in [2.45, 2.75) is 44.2 Å². The van der Waals surface area contributed by atoms with Gasteiger partial charge in [0, 0.05) is 30.6 Å². The predicted octanol–water partition coefficient (Wildman–Crippen LogP) is 1.52. The molecule has 28 heavy (non-hydrogen) atoms. The lowest BCUT2D eigenvalue weighted by Gasteiger charge is -2.33. The number of piperidine rings is 1. The van der Waals surface area contributed by atoms with Crippen molar-refractivity contribution < 1.29 is 19.1 Å².